The summed E-state index contributed by atoms with van der Waals surface area (Å²) in [6.45, 7) is 1.88. The van der Waals surface area contributed by atoms with Crippen LogP contribution in [0.2, 0.25) is 0 Å². The number of aromatic nitrogens is 2. The number of aliphatic imine (C=N–C) groups is 1. The Hall–Kier alpha value is -3.66. The third-order valence-corrected chi connectivity index (χ3v) is 5.52. The van der Waals surface area contributed by atoms with Crippen LogP contribution in [0.15, 0.2) is 63.1 Å². The van der Waals surface area contributed by atoms with Crippen LogP contribution in [0, 0.1) is 12.7 Å². The van der Waals surface area contributed by atoms with Crippen molar-refractivity contribution in [3.05, 3.63) is 86.3 Å². The van der Waals surface area contributed by atoms with Crippen LogP contribution in [0.25, 0.3) is 0 Å². The van der Waals surface area contributed by atoms with E-state index in [1.54, 1.807) is 18.2 Å². The lowest BCUT2D eigenvalue weighted by molar-refractivity contribution is -0.113. The van der Waals surface area contributed by atoms with Crippen molar-refractivity contribution < 1.29 is 14.3 Å². The molecule has 0 saturated heterocycles. The topological polar surface area (TPSA) is 106 Å². The normalized spacial score (nSPS) is 11.4. The molecular weight excluding hydrogens is 435 g/mol. The van der Waals surface area contributed by atoms with Crippen molar-refractivity contribution in [3.8, 4) is 5.88 Å². The van der Waals surface area contributed by atoms with Crippen molar-refractivity contribution >= 4 is 34.1 Å². The maximum Gasteiger partial charge on any atom is 0.333 e. The number of anilines is 1. The molecule has 0 saturated carbocycles. The molecule has 1 aromatic heterocycles. The third kappa shape index (κ3) is 5.14. The number of aromatic hydroxyl groups is 1. The first kappa shape index (κ1) is 23.0. The largest absolute Gasteiger partial charge is 0.494 e. The van der Waals surface area contributed by atoms with Gasteiger partial charge in [-0.1, -0.05) is 23.9 Å². The molecule has 1 amide bonds. The number of amides is 1. The molecule has 0 atom stereocenters. The lowest BCUT2D eigenvalue weighted by Gasteiger charge is -2.12. The van der Waals surface area contributed by atoms with Crippen molar-refractivity contribution in [1.29, 1.82) is 0 Å². The van der Waals surface area contributed by atoms with Gasteiger partial charge in [-0.25, -0.2) is 14.2 Å². The predicted molar refractivity (Wildman–Crippen MR) is 123 cm³/mol. The van der Waals surface area contributed by atoms with Crippen molar-refractivity contribution in [1.82, 2.24) is 9.13 Å². The van der Waals surface area contributed by atoms with E-state index >= 15 is 0 Å². The minimum atomic E-state index is -0.733. The molecule has 32 heavy (non-hydrogen) atoms. The number of hydrogen-bond acceptors (Lipinski definition) is 6. The molecule has 1 heterocycles. The number of carbonyl (C=O) groups excluding carboxylic acids is 1. The molecule has 0 aliphatic heterocycles. The molecule has 0 unspecified atom stereocenters. The Morgan fingerprint density at radius 2 is 1.81 bits per heavy atom. The lowest BCUT2D eigenvalue weighted by Crippen LogP contribution is -2.39. The molecule has 8 nitrogen and oxygen atoms in total. The van der Waals surface area contributed by atoms with Crippen molar-refractivity contribution in [2.75, 3.05) is 11.1 Å². The number of rotatable bonds is 5. The van der Waals surface area contributed by atoms with Crippen molar-refractivity contribution in [2.45, 2.75) is 6.92 Å². The number of thioether (sulfide) groups is 1. The molecule has 10 heteroatoms. The fourth-order valence-corrected chi connectivity index (χ4v) is 3.69. The first-order chi connectivity index (χ1) is 15.2. The van der Waals surface area contributed by atoms with E-state index in [-0.39, 0.29) is 16.4 Å². The quantitative estimate of drug-likeness (QED) is 0.454. The average Bonchev–Trinajstić information content (AvgIpc) is 2.76. The van der Waals surface area contributed by atoms with Gasteiger partial charge in [0.25, 0.3) is 5.56 Å². The fraction of sp³-hybridized carbons (Fsp3) is 0.182. The van der Waals surface area contributed by atoms with Gasteiger partial charge in [-0.15, -0.1) is 0 Å². The highest BCUT2D eigenvalue weighted by Crippen LogP contribution is 2.24. The number of hydrogen-bond donors (Lipinski definition) is 2. The second-order valence-corrected chi connectivity index (χ2v) is 7.97. The van der Waals surface area contributed by atoms with E-state index in [2.05, 4.69) is 10.3 Å². The van der Waals surface area contributed by atoms with Gasteiger partial charge in [-0.05, 0) is 48.9 Å². The van der Waals surface area contributed by atoms with E-state index in [0.29, 0.717) is 11.4 Å². The average molecular weight is 456 g/mol. The zero-order valence-electron chi connectivity index (χ0n) is 17.6. The minimum Gasteiger partial charge on any atom is -0.494 e. The predicted octanol–water partition coefficient (Wildman–Crippen LogP) is 2.69. The molecule has 0 fully saturated rings. The third-order valence-electron chi connectivity index (χ3n) is 4.55. The second kappa shape index (κ2) is 9.65. The molecule has 0 aliphatic carbocycles. The number of benzene rings is 2. The lowest BCUT2D eigenvalue weighted by atomic mass is 10.2. The summed E-state index contributed by atoms with van der Waals surface area (Å²) in [6.07, 6.45) is 0. The van der Waals surface area contributed by atoms with Crippen LogP contribution in [-0.4, -0.2) is 30.9 Å². The summed E-state index contributed by atoms with van der Waals surface area (Å²) in [6, 6.07) is 12.5. The van der Waals surface area contributed by atoms with Gasteiger partial charge >= 0.3 is 5.69 Å². The molecule has 166 valence electrons. The maximum atomic E-state index is 13.1. The molecule has 3 aromatic rings. The number of nitrogens with one attached hydrogen (secondary N) is 1. The van der Waals surface area contributed by atoms with Crippen molar-refractivity contribution in [3.63, 3.8) is 0 Å². The van der Waals surface area contributed by atoms with Crippen LogP contribution < -0.4 is 16.6 Å². The molecule has 3 rings (SSSR count). The zero-order valence-corrected chi connectivity index (χ0v) is 18.4. The van der Waals surface area contributed by atoms with Crippen molar-refractivity contribution in [2.24, 2.45) is 19.1 Å². The van der Waals surface area contributed by atoms with E-state index in [9.17, 15) is 23.9 Å². The van der Waals surface area contributed by atoms with Crippen LogP contribution >= 0.6 is 11.8 Å². The van der Waals surface area contributed by atoms with Gasteiger partial charge in [0.1, 0.15) is 16.4 Å². The summed E-state index contributed by atoms with van der Waals surface area (Å²) >= 11 is 0.933. The van der Waals surface area contributed by atoms with Crippen LogP contribution in [0.1, 0.15) is 11.1 Å². The Morgan fingerprint density at radius 1 is 1.12 bits per heavy atom. The Bertz CT molecular complexity index is 1310. The van der Waals surface area contributed by atoms with E-state index < -0.39 is 28.9 Å². The summed E-state index contributed by atoms with van der Waals surface area (Å²) in [5, 5.41) is 13.2. The molecule has 2 aromatic carbocycles. The Kier molecular flexibility index (Phi) is 6.94. The van der Waals surface area contributed by atoms with Gasteiger partial charge < -0.3 is 10.4 Å². The Morgan fingerprint density at radius 3 is 2.47 bits per heavy atom. The van der Waals surface area contributed by atoms with Gasteiger partial charge in [0.15, 0.2) is 0 Å². The molecule has 0 bridgehead atoms. The van der Waals surface area contributed by atoms with Gasteiger partial charge in [0.05, 0.1) is 11.4 Å². The first-order valence-electron chi connectivity index (χ1n) is 9.50. The SMILES string of the molecule is Cc1cccc(N=C(SCC(=O)Nc2ccc(F)cc2)c2c(O)n(C)c(=O)n(C)c2=O)c1. The number of carbonyl (C=O) groups is 1. The van der Waals surface area contributed by atoms with E-state index in [1.165, 1.54) is 38.4 Å². The van der Waals surface area contributed by atoms with E-state index in [1.807, 2.05) is 13.0 Å². The molecule has 2 N–H and O–H groups in total. The maximum absolute atomic E-state index is 13.1. The van der Waals surface area contributed by atoms with Gasteiger partial charge in [-0.2, -0.15) is 0 Å². The second-order valence-electron chi connectivity index (χ2n) is 7.00. The van der Waals surface area contributed by atoms with Gasteiger partial charge in [0.2, 0.25) is 11.8 Å². The van der Waals surface area contributed by atoms with E-state index in [0.717, 1.165) is 26.5 Å². The highest BCUT2D eigenvalue weighted by atomic mass is 32.2. The number of nitrogens with zero attached hydrogens (tertiary/aromatic N) is 3. The highest BCUT2D eigenvalue weighted by Gasteiger charge is 2.22. The first-order valence-corrected chi connectivity index (χ1v) is 10.5. The molecule has 0 spiro atoms. The summed E-state index contributed by atoms with van der Waals surface area (Å²) in [5.41, 5.74) is 0.253. The van der Waals surface area contributed by atoms with Gasteiger partial charge in [0, 0.05) is 19.8 Å². The number of halogens is 1. The molecule has 0 aliphatic rings. The zero-order chi connectivity index (χ0) is 23.4. The molecule has 0 radical (unpaired) electrons. The minimum absolute atomic E-state index is 0.0820. The van der Waals surface area contributed by atoms with Gasteiger partial charge in [-0.3, -0.25) is 18.7 Å². The smallest absolute Gasteiger partial charge is 0.333 e. The van der Waals surface area contributed by atoms with Crippen LogP contribution in [0.5, 0.6) is 5.88 Å². The summed E-state index contributed by atoms with van der Waals surface area (Å²) < 4.78 is 14.9. The Balaban J connectivity index is 1.98. The van der Waals surface area contributed by atoms with Crippen LogP contribution in [0.4, 0.5) is 15.8 Å². The van der Waals surface area contributed by atoms with Crippen LogP contribution in [0.3, 0.4) is 0 Å². The highest BCUT2D eigenvalue weighted by molar-refractivity contribution is 8.15. The summed E-state index contributed by atoms with van der Waals surface area (Å²) in [4.78, 5) is 41.8. The van der Waals surface area contributed by atoms with E-state index in [4.69, 9.17) is 0 Å². The van der Waals surface area contributed by atoms with Crippen LogP contribution in [-0.2, 0) is 18.9 Å². The standard InChI is InChI=1S/C22H21FN4O4S/c1-13-5-4-6-16(11-13)25-19(18-20(29)26(2)22(31)27(3)21(18)30)32-12-17(28)24-15-9-7-14(23)8-10-15/h4-11,29H,12H2,1-3H3,(H,24,28). The summed E-state index contributed by atoms with van der Waals surface area (Å²) in [5.74, 6) is -1.53. The number of aryl methyl sites for hydroxylation is 1. The monoisotopic (exact) mass is 456 g/mol. The summed E-state index contributed by atoms with van der Waals surface area (Å²) in [7, 11) is 2.63. The Labute approximate surface area is 187 Å². The molecular formula is C22H21FN4O4S. The fourth-order valence-electron chi connectivity index (χ4n) is 2.86.